The predicted molar refractivity (Wildman–Crippen MR) is 81.6 cm³/mol. The van der Waals surface area contributed by atoms with Gasteiger partial charge in [-0.15, -0.1) is 0 Å². The van der Waals surface area contributed by atoms with E-state index in [-0.39, 0.29) is 5.95 Å². The normalized spacial score (nSPS) is 10.3. The first-order valence-corrected chi connectivity index (χ1v) is 6.68. The van der Waals surface area contributed by atoms with Gasteiger partial charge in [0.05, 0.1) is 12.2 Å². The Balaban J connectivity index is 2.12. The molecule has 0 saturated carbocycles. The number of hydrogen-bond donors (Lipinski definition) is 2. The number of pyridine rings is 1. The van der Waals surface area contributed by atoms with E-state index in [2.05, 4.69) is 27.2 Å². The molecular formula is C14H20N6. The quantitative estimate of drug-likeness (QED) is 0.836. The van der Waals surface area contributed by atoms with Crippen LogP contribution in [-0.2, 0) is 6.54 Å². The van der Waals surface area contributed by atoms with E-state index in [0.717, 1.165) is 30.3 Å². The number of rotatable bonds is 6. The van der Waals surface area contributed by atoms with Crippen LogP contribution >= 0.6 is 0 Å². The van der Waals surface area contributed by atoms with E-state index in [4.69, 9.17) is 5.73 Å². The van der Waals surface area contributed by atoms with E-state index in [0.29, 0.717) is 6.54 Å². The standard InChI is InChI=1S/C14H20N6/c1-3-7-17-12-9-13(19-14(15)18-12)20(2)10-11-6-4-5-8-16-11/h4-6,8-9H,3,7,10H2,1-2H3,(H3,15,17,18,19). The van der Waals surface area contributed by atoms with Crippen molar-refractivity contribution < 1.29 is 0 Å². The predicted octanol–water partition coefficient (Wildman–Crippen LogP) is 1.91. The molecule has 2 aromatic heterocycles. The lowest BCUT2D eigenvalue weighted by Crippen LogP contribution is -2.19. The molecule has 6 nitrogen and oxygen atoms in total. The van der Waals surface area contributed by atoms with Crippen molar-refractivity contribution in [2.24, 2.45) is 0 Å². The van der Waals surface area contributed by atoms with E-state index in [1.165, 1.54) is 0 Å². The molecule has 3 N–H and O–H groups in total. The molecule has 0 atom stereocenters. The minimum atomic E-state index is 0.272. The number of nitrogens with one attached hydrogen (secondary N) is 1. The fourth-order valence-electron chi connectivity index (χ4n) is 1.81. The van der Waals surface area contributed by atoms with Gasteiger partial charge in [-0.05, 0) is 18.6 Å². The lowest BCUT2D eigenvalue weighted by Gasteiger charge is -2.18. The zero-order valence-electron chi connectivity index (χ0n) is 11.9. The Morgan fingerprint density at radius 2 is 2.15 bits per heavy atom. The molecule has 106 valence electrons. The fourth-order valence-corrected chi connectivity index (χ4v) is 1.81. The second-order valence-corrected chi connectivity index (χ2v) is 4.57. The van der Waals surface area contributed by atoms with Crippen molar-refractivity contribution in [1.29, 1.82) is 0 Å². The zero-order chi connectivity index (χ0) is 14.4. The minimum absolute atomic E-state index is 0.272. The Morgan fingerprint density at radius 1 is 1.30 bits per heavy atom. The van der Waals surface area contributed by atoms with Gasteiger partial charge >= 0.3 is 0 Å². The summed E-state index contributed by atoms with van der Waals surface area (Å²) in [7, 11) is 1.96. The van der Waals surface area contributed by atoms with E-state index < -0.39 is 0 Å². The van der Waals surface area contributed by atoms with E-state index in [1.54, 1.807) is 6.20 Å². The Labute approximate surface area is 119 Å². The maximum Gasteiger partial charge on any atom is 0.223 e. The summed E-state index contributed by atoms with van der Waals surface area (Å²) in [5.41, 5.74) is 6.74. The summed E-state index contributed by atoms with van der Waals surface area (Å²) < 4.78 is 0. The Bertz CT molecular complexity index is 543. The molecule has 0 aliphatic heterocycles. The number of nitrogens with zero attached hydrogens (tertiary/aromatic N) is 4. The van der Waals surface area contributed by atoms with Gasteiger partial charge in [-0.25, -0.2) is 0 Å². The highest BCUT2D eigenvalue weighted by atomic mass is 15.2. The second kappa shape index (κ2) is 6.70. The molecule has 0 bridgehead atoms. The van der Waals surface area contributed by atoms with Crippen molar-refractivity contribution in [1.82, 2.24) is 15.0 Å². The van der Waals surface area contributed by atoms with Gasteiger partial charge in [0.25, 0.3) is 0 Å². The monoisotopic (exact) mass is 272 g/mol. The van der Waals surface area contributed by atoms with Gasteiger partial charge in [-0.1, -0.05) is 13.0 Å². The van der Waals surface area contributed by atoms with Crippen LogP contribution in [0.15, 0.2) is 30.5 Å². The summed E-state index contributed by atoms with van der Waals surface area (Å²) in [4.78, 5) is 14.7. The summed E-state index contributed by atoms with van der Waals surface area (Å²) in [6.45, 7) is 3.63. The Kier molecular flexibility index (Phi) is 4.70. The van der Waals surface area contributed by atoms with Crippen molar-refractivity contribution in [3.05, 3.63) is 36.2 Å². The summed E-state index contributed by atoms with van der Waals surface area (Å²) >= 11 is 0. The van der Waals surface area contributed by atoms with Gasteiger partial charge in [0.15, 0.2) is 0 Å². The lowest BCUT2D eigenvalue weighted by molar-refractivity contribution is 0.862. The minimum Gasteiger partial charge on any atom is -0.370 e. The SMILES string of the molecule is CCCNc1cc(N(C)Cc2ccccn2)nc(N)n1. The maximum absolute atomic E-state index is 5.76. The van der Waals surface area contributed by atoms with Crippen molar-refractivity contribution in [3.63, 3.8) is 0 Å². The van der Waals surface area contributed by atoms with Gasteiger partial charge in [0.1, 0.15) is 11.6 Å². The average Bonchev–Trinajstić information content (AvgIpc) is 2.45. The molecule has 2 rings (SSSR count). The first kappa shape index (κ1) is 14.0. The molecule has 0 radical (unpaired) electrons. The molecule has 20 heavy (non-hydrogen) atoms. The van der Waals surface area contributed by atoms with Crippen molar-refractivity contribution in [3.8, 4) is 0 Å². The van der Waals surface area contributed by atoms with Crippen LogP contribution in [0.4, 0.5) is 17.6 Å². The van der Waals surface area contributed by atoms with Crippen LogP contribution in [0.5, 0.6) is 0 Å². The van der Waals surface area contributed by atoms with E-state index in [1.807, 2.05) is 36.2 Å². The van der Waals surface area contributed by atoms with Crippen LogP contribution in [0.3, 0.4) is 0 Å². The third-order valence-electron chi connectivity index (χ3n) is 2.80. The number of nitrogens with two attached hydrogens (primary N) is 1. The number of nitrogen functional groups attached to an aromatic ring is 1. The van der Waals surface area contributed by atoms with Gasteiger partial charge < -0.3 is 16.0 Å². The highest BCUT2D eigenvalue weighted by Gasteiger charge is 2.08. The number of anilines is 3. The molecule has 0 aromatic carbocycles. The van der Waals surface area contributed by atoms with Crippen LogP contribution in [-0.4, -0.2) is 28.5 Å². The average molecular weight is 272 g/mol. The molecule has 2 heterocycles. The molecule has 0 unspecified atom stereocenters. The molecule has 2 aromatic rings. The molecule has 0 amide bonds. The van der Waals surface area contributed by atoms with Gasteiger partial charge in [0, 0.05) is 25.9 Å². The number of aromatic nitrogens is 3. The summed E-state index contributed by atoms with van der Waals surface area (Å²) in [5, 5.41) is 3.22. The van der Waals surface area contributed by atoms with E-state index in [9.17, 15) is 0 Å². The van der Waals surface area contributed by atoms with Crippen molar-refractivity contribution in [2.75, 3.05) is 29.5 Å². The molecule has 0 saturated heterocycles. The van der Waals surface area contributed by atoms with E-state index >= 15 is 0 Å². The number of hydrogen-bond acceptors (Lipinski definition) is 6. The zero-order valence-corrected chi connectivity index (χ0v) is 11.9. The summed E-state index contributed by atoms with van der Waals surface area (Å²) in [6.07, 6.45) is 2.81. The first-order chi connectivity index (χ1) is 9.69. The Morgan fingerprint density at radius 3 is 2.85 bits per heavy atom. The van der Waals surface area contributed by atoms with Crippen molar-refractivity contribution in [2.45, 2.75) is 19.9 Å². The van der Waals surface area contributed by atoms with Gasteiger partial charge in [-0.3, -0.25) is 4.98 Å². The summed E-state index contributed by atoms with van der Waals surface area (Å²) in [5.74, 6) is 1.80. The van der Waals surface area contributed by atoms with Crippen LogP contribution in [0.25, 0.3) is 0 Å². The molecular weight excluding hydrogens is 252 g/mol. The second-order valence-electron chi connectivity index (χ2n) is 4.57. The van der Waals surface area contributed by atoms with Crippen molar-refractivity contribution >= 4 is 17.6 Å². The molecule has 0 fully saturated rings. The lowest BCUT2D eigenvalue weighted by atomic mass is 10.3. The largest absolute Gasteiger partial charge is 0.370 e. The fraction of sp³-hybridized carbons (Fsp3) is 0.357. The summed E-state index contributed by atoms with van der Waals surface area (Å²) in [6, 6.07) is 7.75. The molecule has 0 aliphatic rings. The molecule has 0 spiro atoms. The smallest absolute Gasteiger partial charge is 0.223 e. The molecule has 0 aliphatic carbocycles. The van der Waals surface area contributed by atoms with Crippen LogP contribution in [0.1, 0.15) is 19.0 Å². The van der Waals surface area contributed by atoms with Gasteiger partial charge in [-0.2, -0.15) is 9.97 Å². The first-order valence-electron chi connectivity index (χ1n) is 6.68. The Hall–Kier alpha value is -2.37. The van der Waals surface area contributed by atoms with Gasteiger partial charge in [0.2, 0.25) is 5.95 Å². The van der Waals surface area contributed by atoms with Crippen LogP contribution in [0, 0.1) is 0 Å². The molecule has 6 heteroatoms. The maximum atomic E-state index is 5.76. The third-order valence-corrected chi connectivity index (χ3v) is 2.80. The topological polar surface area (TPSA) is 80.0 Å². The van der Waals surface area contributed by atoms with Crippen LogP contribution < -0.4 is 16.0 Å². The van der Waals surface area contributed by atoms with Crippen LogP contribution in [0.2, 0.25) is 0 Å². The highest BCUT2D eigenvalue weighted by Crippen LogP contribution is 2.17. The third kappa shape index (κ3) is 3.81. The highest BCUT2D eigenvalue weighted by molar-refractivity contribution is 5.52.